The summed E-state index contributed by atoms with van der Waals surface area (Å²) in [5.41, 5.74) is 5.96. The van der Waals surface area contributed by atoms with Crippen molar-refractivity contribution in [2.45, 2.75) is 59.4 Å². The number of aryl methyl sites for hydroxylation is 3. The fourth-order valence-electron chi connectivity index (χ4n) is 3.91. The largest absolute Gasteiger partial charge is 0.358 e. The lowest BCUT2D eigenvalue weighted by Gasteiger charge is -2.23. The monoisotopic (exact) mass is 341 g/mol. The molecule has 1 saturated heterocycles. The summed E-state index contributed by atoms with van der Waals surface area (Å²) in [5, 5.41) is 4.44. The Morgan fingerprint density at radius 3 is 2.64 bits per heavy atom. The zero-order valence-electron chi connectivity index (χ0n) is 16.0. The van der Waals surface area contributed by atoms with Crippen LogP contribution in [-0.4, -0.2) is 41.5 Å². The minimum atomic E-state index is 0.133. The van der Waals surface area contributed by atoms with Crippen molar-refractivity contribution in [2.24, 2.45) is 0 Å². The van der Waals surface area contributed by atoms with E-state index < -0.39 is 0 Å². The fraction of sp³-hybridized carbons (Fsp3) is 0.571. The minimum Gasteiger partial charge on any atom is -0.358 e. The van der Waals surface area contributed by atoms with Crippen LogP contribution in [0.1, 0.15) is 48.6 Å². The van der Waals surface area contributed by atoms with Gasteiger partial charge in [0.25, 0.3) is 0 Å². The number of hydrogen-bond donors (Lipinski definition) is 2. The Kier molecular flexibility index (Phi) is 5.48. The Balaban J connectivity index is 1.71. The number of aromatic nitrogens is 1. The highest BCUT2D eigenvalue weighted by molar-refractivity contribution is 5.92. The van der Waals surface area contributed by atoms with E-state index in [9.17, 15) is 4.79 Å². The second kappa shape index (κ2) is 7.61. The van der Waals surface area contributed by atoms with E-state index in [-0.39, 0.29) is 11.9 Å². The fourth-order valence-corrected chi connectivity index (χ4v) is 3.91. The first-order valence-corrected chi connectivity index (χ1v) is 9.58. The molecule has 1 aliphatic rings. The van der Waals surface area contributed by atoms with Crippen LogP contribution in [0.25, 0.3) is 10.9 Å². The molecule has 2 heterocycles. The number of carbonyl (C=O) groups is 1. The van der Waals surface area contributed by atoms with Gasteiger partial charge in [0.1, 0.15) is 0 Å². The van der Waals surface area contributed by atoms with Crippen molar-refractivity contribution in [3.8, 4) is 0 Å². The zero-order valence-corrected chi connectivity index (χ0v) is 16.0. The number of rotatable bonds is 6. The van der Waals surface area contributed by atoms with Gasteiger partial charge >= 0.3 is 0 Å². The third-order valence-electron chi connectivity index (χ3n) is 5.70. The summed E-state index contributed by atoms with van der Waals surface area (Å²) in [4.78, 5) is 18.6. The molecule has 0 saturated carbocycles. The molecule has 0 unspecified atom stereocenters. The number of fused-ring (bicyclic) bond motifs is 1. The van der Waals surface area contributed by atoms with Crippen molar-refractivity contribution >= 4 is 16.8 Å². The number of nitrogens with one attached hydrogen (secondary N) is 2. The molecule has 4 nitrogen and oxygen atoms in total. The van der Waals surface area contributed by atoms with E-state index in [1.165, 1.54) is 48.0 Å². The molecule has 1 fully saturated rings. The van der Waals surface area contributed by atoms with E-state index in [1.807, 2.05) is 0 Å². The average molecular weight is 341 g/mol. The molecular formula is C21H31N3O. The number of likely N-dealkylation sites (tertiary alicyclic amines) is 1. The van der Waals surface area contributed by atoms with Gasteiger partial charge in [0.2, 0.25) is 5.91 Å². The molecule has 1 aromatic carbocycles. The first-order chi connectivity index (χ1) is 12.0. The molecule has 1 amide bonds. The molecule has 1 aromatic heterocycles. The van der Waals surface area contributed by atoms with Gasteiger partial charge in [0.15, 0.2) is 0 Å². The molecular weight excluding hydrogens is 310 g/mol. The first kappa shape index (κ1) is 18.0. The van der Waals surface area contributed by atoms with Crippen LogP contribution < -0.4 is 5.32 Å². The molecule has 0 bridgehead atoms. The van der Waals surface area contributed by atoms with E-state index in [4.69, 9.17) is 0 Å². The third kappa shape index (κ3) is 3.90. The van der Waals surface area contributed by atoms with Gasteiger partial charge in [-0.1, -0.05) is 19.1 Å². The van der Waals surface area contributed by atoms with Crippen molar-refractivity contribution in [1.82, 2.24) is 15.2 Å². The highest BCUT2D eigenvalue weighted by Crippen LogP contribution is 2.27. The van der Waals surface area contributed by atoms with Crippen LogP contribution in [0.5, 0.6) is 0 Å². The van der Waals surface area contributed by atoms with Gasteiger partial charge in [0, 0.05) is 29.2 Å². The van der Waals surface area contributed by atoms with Crippen LogP contribution in [0.4, 0.5) is 0 Å². The normalized spacial score (nSPS) is 16.5. The van der Waals surface area contributed by atoms with Crippen LogP contribution in [0.3, 0.4) is 0 Å². The van der Waals surface area contributed by atoms with Crippen LogP contribution in [-0.2, 0) is 11.2 Å². The summed E-state index contributed by atoms with van der Waals surface area (Å²) in [5.74, 6) is 0.133. The van der Waals surface area contributed by atoms with E-state index in [0.29, 0.717) is 6.42 Å². The standard InChI is InChI=1S/C21H31N3O/c1-5-17(13-24-10-6-7-11-24)23-20(25)12-19-16(4)22-21-15(3)14(2)8-9-18(19)21/h8-9,17,22H,5-7,10-13H2,1-4H3,(H,23,25)/t17-/m1/s1. The summed E-state index contributed by atoms with van der Waals surface area (Å²) < 4.78 is 0. The quantitative estimate of drug-likeness (QED) is 0.843. The molecule has 2 N–H and O–H groups in total. The van der Waals surface area contributed by atoms with E-state index in [2.05, 4.69) is 55.0 Å². The van der Waals surface area contributed by atoms with Gasteiger partial charge in [-0.25, -0.2) is 0 Å². The topological polar surface area (TPSA) is 48.1 Å². The maximum atomic E-state index is 12.7. The first-order valence-electron chi connectivity index (χ1n) is 9.58. The van der Waals surface area contributed by atoms with Crippen molar-refractivity contribution in [1.29, 1.82) is 0 Å². The number of nitrogens with zero attached hydrogens (tertiary/aromatic N) is 1. The highest BCUT2D eigenvalue weighted by atomic mass is 16.1. The number of benzene rings is 1. The summed E-state index contributed by atoms with van der Waals surface area (Å²) in [7, 11) is 0. The van der Waals surface area contributed by atoms with E-state index in [1.54, 1.807) is 0 Å². The SMILES string of the molecule is CC[C@H](CN1CCCC1)NC(=O)Cc1c(C)[nH]c2c(C)c(C)ccc12. The van der Waals surface area contributed by atoms with Gasteiger partial charge in [-0.2, -0.15) is 0 Å². The molecule has 0 radical (unpaired) electrons. The van der Waals surface area contributed by atoms with E-state index in [0.717, 1.165) is 24.2 Å². The molecule has 25 heavy (non-hydrogen) atoms. The Morgan fingerprint density at radius 1 is 1.24 bits per heavy atom. The molecule has 0 spiro atoms. The minimum absolute atomic E-state index is 0.133. The molecule has 1 aliphatic heterocycles. The maximum Gasteiger partial charge on any atom is 0.224 e. The number of hydrogen-bond acceptors (Lipinski definition) is 2. The second-order valence-corrected chi connectivity index (χ2v) is 7.52. The second-order valence-electron chi connectivity index (χ2n) is 7.52. The molecule has 0 aliphatic carbocycles. The highest BCUT2D eigenvalue weighted by Gasteiger charge is 2.19. The van der Waals surface area contributed by atoms with Crippen molar-refractivity contribution in [2.75, 3.05) is 19.6 Å². The smallest absolute Gasteiger partial charge is 0.224 e. The van der Waals surface area contributed by atoms with Crippen LogP contribution in [0.15, 0.2) is 12.1 Å². The Morgan fingerprint density at radius 2 is 1.96 bits per heavy atom. The average Bonchev–Trinajstić information content (AvgIpc) is 3.19. The van der Waals surface area contributed by atoms with Gasteiger partial charge in [-0.3, -0.25) is 4.79 Å². The van der Waals surface area contributed by atoms with Crippen molar-refractivity contribution in [3.63, 3.8) is 0 Å². The Labute approximate surface area is 151 Å². The Bertz CT molecular complexity index is 756. The summed E-state index contributed by atoms with van der Waals surface area (Å²) >= 11 is 0. The predicted molar refractivity (Wildman–Crippen MR) is 104 cm³/mol. The van der Waals surface area contributed by atoms with Crippen LogP contribution in [0.2, 0.25) is 0 Å². The molecule has 136 valence electrons. The zero-order chi connectivity index (χ0) is 18.0. The van der Waals surface area contributed by atoms with Crippen molar-refractivity contribution in [3.05, 3.63) is 34.5 Å². The lowest BCUT2D eigenvalue weighted by molar-refractivity contribution is -0.121. The van der Waals surface area contributed by atoms with Crippen LogP contribution >= 0.6 is 0 Å². The number of carbonyl (C=O) groups excluding carboxylic acids is 1. The van der Waals surface area contributed by atoms with Gasteiger partial charge in [-0.15, -0.1) is 0 Å². The molecule has 1 atom stereocenters. The Hall–Kier alpha value is -1.81. The number of amides is 1. The predicted octanol–water partition coefficient (Wildman–Crippen LogP) is 3.63. The maximum absolute atomic E-state index is 12.7. The number of aromatic amines is 1. The lowest BCUT2D eigenvalue weighted by Crippen LogP contribution is -2.43. The van der Waals surface area contributed by atoms with Crippen LogP contribution in [0, 0.1) is 20.8 Å². The van der Waals surface area contributed by atoms with E-state index >= 15 is 0 Å². The van der Waals surface area contributed by atoms with Gasteiger partial charge in [0.05, 0.1) is 6.42 Å². The molecule has 3 rings (SSSR count). The molecule has 2 aromatic rings. The summed E-state index contributed by atoms with van der Waals surface area (Å²) in [6.45, 7) is 11.8. The lowest BCUT2D eigenvalue weighted by atomic mass is 10.0. The molecule has 4 heteroatoms. The van der Waals surface area contributed by atoms with Gasteiger partial charge in [-0.05, 0) is 69.8 Å². The summed E-state index contributed by atoms with van der Waals surface area (Å²) in [6, 6.07) is 4.54. The van der Waals surface area contributed by atoms with Gasteiger partial charge < -0.3 is 15.2 Å². The third-order valence-corrected chi connectivity index (χ3v) is 5.70. The number of H-pyrrole nitrogens is 1. The van der Waals surface area contributed by atoms with Crippen molar-refractivity contribution < 1.29 is 4.79 Å². The summed E-state index contributed by atoms with van der Waals surface area (Å²) in [6.07, 6.45) is 4.01.